The zero-order chi connectivity index (χ0) is 15.6. The van der Waals surface area contributed by atoms with Crippen molar-refractivity contribution in [2.45, 2.75) is 45.6 Å². The minimum atomic E-state index is -0.889. The van der Waals surface area contributed by atoms with E-state index in [-0.39, 0.29) is 12.1 Å². The molecular weight excluding hydrogens is 272 g/mol. The molecule has 2 unspecified atom stereocenters. The van der Waals surface area contributed by atoms with Gasteiger partial charge in [-0.1, -0.05) is 13.3 Å². The van der Waals surface area contributed by atoms with Crippen molar-refractivity contribution in [2.24, 2.45) is 12.5 Å². The number of hydrogen-bond donors (Lipinski definition) is 3. The van der Waals surface area contributed by atoms with Crippen LogP contribution in [0.3, 0.4) is 0 Å². The van der Waals surface area contributed by atoms with Gasteiger partial charge in [0, 0.05) is 19.3 Å². The molecule has 116 valence electrons. The van der Waals surface area contributed by atoms with Crippen LogP contribution in [0.25, 0.3) is 0 Å². The number of aromatic nitrogens is 2. The van der Waals surface area contributed by atoms with E-state index in [1.165, 1.54) is 0 Å². The van der Waals surface area contributed by atoms with Crippen molar-refractivity contribution in [3.8, 4) is 0 Å². The van der Waals surface area contributed by atoms with Crippen molar-refractivity contribution in [2.75, 3.05) is 5.32 Å². The molecule has 1 heterocycles. The summed E-state index contributed by atoms with van der Waals surface area (Å²) < 4.78 is 1.64. The molecule has 0 saturated heterocycles. The standard InChI is InChI=1S/C14H22N4O3/c1-4-9-10(8-18(3)17-9)15-13(21)16-11-6-5-7-14(11,2)12(19)20/h8,11H,4-7H2,1-3H3,(H,19,20)(H2,15,16,21). The maximum Gasteiger partial charge on any atom is 0.319 e. The van der Waals surface area contributed by atoms with Gasteiger partial charge in [-0.2, -0.15) is 5.10 Å². The number of carbonyl (C=O) groups is 2. The number of rotatable bonds is 4. The topological polar surface area (TPSA) is 96.3 Å². The van der Waals surface area contributed by atoms with Crippen molar-refractivity contribution < 1.29 is 14.7 Å². The number of nitrogens with one attached hydrogen (secondary N) is 2. The molecule has 1 aromatic heterocycles. The van der Waals surface area contributed by atoms with Crippen LogP contribution in [0.15, 0.2) is 6.20 Å². The summed E-state index contributed by atoms with van der Waals surface area (Å²) >= 11 is 0. The first-order chi connectivity index (χ1) is 9.86. The van der Waals surface area contributed by atoms with E-state index in [0.717, 1.165) is 12.1 Å². The van der Waals surface area contributed by atoms with Gasteiger partial charge in [0.25, 0.3) is 0 Å². The Bertz CT molecular complexity index is 554. The molecule has 1 saturated carbocycles. The maximum absolute atomic E-state index is 12.1. The van der Waals surface area contributed by atoms with Crippen LogP contribution in [-0.4, -0.2) is 32.9 Å². The van der Waals surface area contributed by atoms with Gasteiger partial charge in [-0.05, 0) is 26.2 Å². The maximum atomic E-state index is 12.1. The quantitative estimate of drug-likeness (QED) is 0.788. The van der Waals surface area contributed by atoms with Gasteiger partial charge in [0.15, 0.2) is 0 Å². The Morgan fingerprint density at radius 3 is 2.90 bits per heavy atom. The smallest absolute Gasteiger partial charge is 0.319 e. The molecule has 2 amide bonds. The third-order valence-electron chi connectivity index (χ3n) is 4.24. The van der Waals surface area contributed by atoms with E-state index in [9.17, 15) is 14.7 Å². The van der Waals surface area contributed by atoms with Crippen LogP contribution in [0.5, 0.6) is 0 Å². The van der Waals surface area contributed by atoms with Crippen LogP contribution in [-0.2, 0) is 18.3 Å². The number of anilines is 1. The van der Waals surface area contributed by atoms with Crippen LogP contribution in [0, 0.1) is 5.41 Å². The fourth-order valence-corrected chi connectivity index (χ4v) is 2.87. The summed E-state index contributed by atoms with van der Waals surface area (Å²) in [7, 11) is 1.79. The summed E-state index contributed by atoms with van der Waals surface area (Å²) in [4.78, 5) is 23.5. The van der Waals surface area contributed by atoms with Crippen LogP contribution >= 0.6 is 0 Å². The number of hydrogen-bond acceptors (Lipinski definition) is 3. The Labute approximate surface area is 123 Å². The molecular formula is C14H22N4O3. The lowest BCUT2D eigenvalue weighted by molar-refractivity contribution is -0.148. The minimum Gasteiger partial charge on any atom is -0.481 e. The summed E-state index contributed by atoms with van der Waals surface area (Å²) in [6, 6.07) is -0.728. The molecule has 0 bridgehead atoms. The lowest BCUT2D eigenvalue weighted by Gasteiger charge is -2.27. The first-order valence-electron chi connectivity index (χ1n) is 7.20. The van der Waals surface area contributed by atoms with Crippen molar-refractivity contribution in [1.29, 1.82) is 0 Å². The molecule has 3 N–H and O–H groups in total. The monoisotopic (exact) mass is 294 g/mol. The Balaban J connectivity index is 2.03. The Kier molecular flexibility index (Phi) is 4.20. The van der Waals surface area contributed by atoms with Gasteiger partial charge in [0.1, 0.15) is 0 Å². The number of aliphatic carboxylic acids is 1. The summed E-state index contributed by atoms with van der Waals surface area (Å²) in [5.41, 5.74) is 0.576. The van der Waals surface area contributed by atoms with Gasteiger partial charge >= 0.3 is 12.0 Å². The highest BCUT2D eigenvalue weighted by molar-refractivity contribution is 5.90. The molecule has 1 fully saturated rings. The molecule has 2 atom stereocenters. The van der Waals surface area contributed by atoms with Crippen molar-refractivity contribution in [1.82, 2.24) is 15.1 Å². The van der Waals surface area contributed by atoms with Crippen LogP contribution in [0.2, 0.25) is 0 Å². The number of aryl methyl sites for hydroxylation is 2. The largest absolute Gasteiger partial charge is 0.481 e. The van der Waals surface area contributed by atoms with Crippen LogP contribution in [0.4, 0.5) is 10.5 Å². The SMILES string of the molecule is CCc1nn(C)cc1NC(=O)NC1CCCC1(C)C(=O)O. The predicted octanol–water partition coefficient (Wildman–Crippen LogP) is 1.75. The second-order valence-corrected chi connectivity index (χ2v) is 5.78. The Morgan fingerprint density at radius 1 is 1.57 bits per heavy atom. The average molecular weight is 294 g/mol. The highest BCUT2D eigenvalue weighted by Crippen LogP contribution is 2.38. The summed E-state index contributed by atoms with van der Waals surface area (Å²) in [5.74, 6) is -0.860. The molecule has 1 aliphatic carbocycles. The van der Waals surface area contributed by atoms with E-state index in [1.807, 2.05) is 6.92 Å². The number of carboxylic acid groups (broad SMARTS) is 1. The molecule has 0 radical (unpaired) electrons. The highest BCUT2D eigenvalue weighted by atomic mass is 16.4. The Morgan fingerprint density at radius 2 is 2.29 bits per heavy atom. The molecule has 7 nitrogen and oxygen atoms in total. The van der Waals surface area contributed by atoms with Gasteiger partial charge in [0.05, 0.1) is 16.8 Å². The number of urea groups is 1. The average Bonchev–Trinajstić information content (AvgIpc) is 2.94. The molecule has 7 heteroatoms. The number of amides is 2. The predicted molar refractivity (Wildman–Crippen MR) is 78.1 cm³/mol. The van der Waals surface area contributed by atoms with E-state index in [2.05, 4.69) is 15.7 Å². The second kappa shape index (κ2) is 5.75. The van der Waals surface area contributed by atoms with Gasteiger partial charge in [-0.3, -0.25) is 9.48 Å². The van der Waals surface area contributed by atoms with Crippen LogP contribution in [0.1, 0.15) is 38.8 Å². The first kappa shape index (κ1) is 15.3. The number of carboxylic acids is 1. The second-order valence-electron chi connectivity index (χ2n) is 5.78. The van der Waals surface area contributed by atoms with Gasteiger partial charge in [-0.15, -0.1) is 0 Å². The molecule has 21 heavy (non-hydrogen) atoms. The lowest BCUT2D eigenvalue weighted by Crippen LogP contribution is -2.48. The summed E-state index contributed by atoms with van der Waals surface area (Å²) in [6.07, 6.45) is 4.53. The zero-order valence-electron chi connectivity index (χ0n) is 12.6. The van der Waals surface area contributed by atoms with E-state index < -0.39 is 11.4 Å². The Hall–Kier alpha value is -2.05. The summed E-state index contributed by atoms with van der Waals surface area (Å²) in [6.45, 7) is 3.65. The number of nitrogens with zero attached hydrogens (tertiary/aromatic N) is 2. The zero-order valence-corrected chi connectivity index (χ0v) is 12.6. The van der Waals surface area contributed by atoms with E-state index in [1.54, 1.807) is 24.9 Å². The molecule has 0 aliphatic heterocycles. The van der Waals surface area contributed by atoms with Gasteiger partial charge in [0.2, 0.25) is 0 Å². The molecule has 0 aromatic carbocycles. The van der Waals surface area contributed by atoms with Gasteiger partial charge in [-0.25, -0.2) is 4.79 Å². The minimum absolute atomic E-state index is 0.350. The summed E-state index contributed by atoms with van der Waals surface area (Å²) in [5, 5.41) is 19.1. The van der Waals surface area contributed by atoms with E-state index >= 15 is 0 Å². The molecule has 1 aromatic rings. The number of carbonyl (C=O) groups excluding carboxylic acids is 1. The third-order valence-corrected chi connectivity index (χ3v) is 4.24. The fourth-order valence-electron chi connectivity index (χ4n) is 2.87. The van der Waals surface area contributed by atoms with Crippen LogP contribution < -0.4 is 10.6 Å². The first-order valence-corrected chi connectivity index (χ1v) is 7.20. The van der Waals surface area contributed by atoms with Crippen molar-refractivity contribution in [3.63, 3.8) is 0 Å². The van der Waals surface area contributed by atoms with Crippen molar-refractivity contribution in [3.05, 3.63) is 11.9 Å². The lowest BCUT2D eigenvalue weighted by atomic mass is 9.85. The normalized spacial score (nSPS) is 24.8. The molecule has 0 spiro atoms. The highest BCUT2D eigenvalue weighted by Gasteiger charge is 2.45. The molecule has 2 rings (SSSR count). The van der Waals surface area contributed by atoms with E-state index in [0.29, 0.717) is 24.9 Å². The van der Waals surface area contributed by atoms with E-state index in [4.69, 9.17) is 0 Å². The third kappa shape index (κ3) is 3.01. The van der Waals surface area contributed by atoms with Gasteiger partial charge < -0.3 is 15.7 Å². The van der Waals surface area contributed by atoms with Crippen molar-refractivity contribution >= 4 is 17.7 Å². The fraction of sp³-hybridized carbons (Fsp3) is 0.643. The molecule has 1 aliphatic rings.